The van der Waals surface area contributed by atoms with E-state index in [9.17, 15) is 8.78 Å². The maximum absolute atomic E-state index is 12.6. The van der Waals surface area contributed by atoms with Crippen LogP contribution in [0.4, 0.5) is 8.78 Å². The van der Waals surface area contributed by atoms with Gasteiger partial charge in [-0.2, -0.15) is 5.10 Å². The highest BCUT2D eigenvalue weighted by atomic mass is 19.3. The normalized spacial score (nSPS) is 10.8. The molecule has 4 heteroatoms. The number of benzene rings is 1. The Hall–Kier alpha value is -1.71. The van der Waals surface area contributed by atoms with Crippen LogP contribution in [-0.4, -0.2) is 10.2 Å². The molecule has 1 heterocycles. The van der Waals surface area contributed by atoms with Crippen LogP contribution in [0, 0.1) is 0 Å². The SMILES string of the molecule is FC(F)c1ccccc1-c1ccn[nH]1. The predicted octanol–water partition coefficient (Wildman–Crippen LogP) is 3.01. The van der Waals surface area contributed by atoms with Gasteiger partial charge in [0, 0.05) is 17.3 Å². The van der Waals surface area contributed by atoms with Crippen LogP contribution >= 0.6 is 0 Å². The van der Waals surface area contributed by atoms with Crippen molar-refractivity contribution in [3.05, 3.63) is 42.1 Å². The topological polar surface area (TPSA) is 28.7 Å². The van der Waals surface area contributed by atoms with Crippen LogP contribution < -0.4 is 0 Å². The maximum atomic E-state index is 12.6. The van der Waals surface area contributed by atoms with Crippen LogP contribution in [0.25, 0.3) is 11.3 Å². The first-order valence-corrected chi connectivity index (χ1v) is 4.16. The molecule has 0 amide bonds. The molecule has 2 rings (SSSR count). The first-order chi connectivity index (χ1) is 6.79. The van der Waals surface area contributed by atoms with E-state index in [4.69, 9.17) is 0 Å². The van der Waals surface area contributed by atoms with Crippen molar-refractivity contribution in [1.29, 1.82) is 0 Å². The van der Waals surface area contributed by atoms with Crippen LogP contribution in [0.2, 0.25) is 0 Å². The Labute approximate surface area is 79.6 Å². The smallest absolute Gasteiger partial charge is 0.264 e. The number of hydrogen-bond donors (Lipinski definition) is 1. The number of nitrogens with one attached hydrogen (secondary N) is 1. The molecule has 1 aromatic carbocycles. The minimum Gasteiger partial charge on any atom is -0.278 e. The largest absolute Gasteiger partial charge is 0.278 e. The van der Waals surface area contributed by atoms with Gasteiger partial charge < -0.3 is 0 Å². The zero-order valence-corrected chi connectivity index (χ0v) is 7.24. The molecule has 1 aromatic heterocycles. The molecule has 0 radical (unpaired) electrons. The molecule has 0 saturated heterocycles. The molecular formula is C10H8F2N2. The van der Waals surface area contributed by atoms with Crippen molar-refractivity contribution >= 4 is 0 Å². The molecular weight excluding hydrogens is 186 g/mol. The van der Waals surface area contributed by atoms with Gasteiger partial charge >= 0.3 is 0 Å². The van der Waals surface area contributed by atoms with Gasteiger partial charge in [0.15, 0.2) is 0 Å². The second-order valence-corrected chi connectivity index (χ2v) is 2.86. The molecule has 14 heavy (non-hydrogen) atoms. The first-order valence-electron chi connectivity index (χ1n) is 4.16. The van der Waals surface area contributed by atoms with Crippen molar-refractivity contribution < 1.29 is 8.78 Å². The highest BCUT2D eigenvalue weighted by molar-refractivity contribution is 5.63. The van der Waals surface area contributed by atoms with Crippen LogP contribution in [0.1, 0.15) is 12.0 Å². The van der Waals surface area contributed by atoms with E-state index in [1.54, 1.807) is 24.3 Å². The highest BCUT2D eigenvalue weighted by Gasteiger charge is 2.13. The Morgan fingerprint density at radius 2 is 1.93 bits per heavy atom. The van der Waals surface area contributed by atoms with Crippen LogP contribution in [-0.2, 0) is 0 Å². The lowest BCUT2D eigenvalue weighted by Gasteiger charge is -2.05. The van der Waals surface area contributed by atoms with E-state index < -0.39 is 6.43 Å². The Balaban J connectivity index is 2.53. The van der Waals surface area contributed by atoms with Crippen molar-refractivity contribution in [2.24, 2.45) is 0 Å². The zero-order chi connectivity index (χ0) is 9.97. The fraction of sp³-hybridized carbons (Fsp3) is 0.100. The van der Waals surface area contributed by atoms with Gasteiger partial charge in [0.05, 0.1) is 5.69 Å². The van der Waals surface area contributed by atoms with E-state index in [0.717, 1.165) is 0 Å². The summed E-state index contributed by atoms with van der Waals surface area (Å²) in [6, 6.07) is 8.06. The summed E-state index contributed by atoms with van der Waals surface area (Å²) in [6.45, 7) is 0. The van der Waals surface area contributed by atoms with Crippen molar-refractivity contribution in [2.75, 3.05) is 0 Å². The second-order valence-electron chi connectivity index (χ2n) is 2.86. The molecule has 2 nitrogen and oxygen atoms in total. The number of rotatable bonds is 2. The summed E-state index contributed by atoms with van der Waals surface area (Å²) in [5.74, 6) is 0. The number of hydrogen-bond acceptors (Lipinski definition) is 1. The molecule has 0 atom stereocenters. The molecule has 0 unspecified atom stereocenters. The number of alkyl halides is 2. The summed E-state index contributed by atoms with van der Waals surface area (Å²) in [7, 11) is 0. The molecule has 0 aliphatic heterocycles. The predicted molar refractivity (Wildman–Crippen MR) is 49.0 cm³/mol. The molecule has 0 aliphatic rings. The van der Waals surface area contributed by atoms with Gasteiger partial charge in [-0.25, -0.2) is 8.78 Å². The lowest BCUT2D eigenvalue weighted by molar-refractivity contribution is 0.152. The molecule has 0 spiro atoms. The molecule has 0 fully saturated rings. The summed E-state index contributed by atoms with van der Waals surface area (Å²) in [5.41, 5.74) is 1.14. The van der Waals surface area contributed by atoms with Gasteiger partial charge in [-0.3, -0.25) is 5.10 Å². The maximum Gasteiger partial charge on any atom is 0.264 e. The van der Waals surface area contributed by atoms with Crippen LogP contribution in [0.5, 0.6) is 0 Å². The first kappa shape index (κ1) is 8.87. The standard InChI is InChI=1S/C10H8F2N2/c11-10(12)8-4-2-1-3-7(8)9-5-6-13-14-9/h1-6,10H,(H,13,14). The lowest BCUT2D eigenvalue weighted by Crippen LogP contribution is -1.89. The van der Waals surface area contributed by atoms with Crippen molar-refractivity contribution in [2.45, 2.75) is 6.43 Å². The molecule has 0 bridgehead atoms. The molecule has 1 N–H and O–H groups in total. The van der Waals surface area contributed by atoms with Crippen molar-refractivity contribution in [3.8, 4) is 11.3 Å². The number of aromatic amines is 1. The average Bonchev–Trinajstić information content (AvgIpc) is 2.70. The van der Waals surface area contributed by atoms with Crippen LogP contribution in [0.15, 0.2) is 36.5 Å². The third-order valence-corrected chi connectivity index (χ3v) is 1.99. The third-order valence-electron chi connectivity index (χ3n) is 1.99. The van der Waals surface area contributed by atoms with E-state index in [1.165, 1.54) is 12.3 Å². The monoisotopic (exact) mass is 194 g/mol. The van der Waals surface area contributed by atoms with Gasteiger partial charge in [-0.15, -0.1) is 0 Å². The average molecular weight is 194 g/mol. The highest BCUT2D eigenvalue weighted by Crippen LogP contribution is 2.29. The number of nitrogens with zero attached hydrogens (tertiary/aromatic N) is 1. The molecule has 0 saturated carbocycles. The van der Waals surface area contributed by atoms with E-state index in [1.807, 2.05) is 0 Å². The number of H-pyrrole nitrogens is 1. The van der Waals surface area contributed by atoms with Gasteiger partial charge in [0.1, 0.15) is 0 Å². The van der Waals surface area contributed by atoms with Gasteiger partial charge in [-0.1, -0.05) is 24.3 Å². The van der Waals surface area contributed by atoms with E-state index in [0.29, 0.717) is 11.3 Å². The summed E-state index contributed by atoms with van der Waals surface area (Å²) in [6.07, 6.45) is -0.924. The Morgan fingerprint density at radius 1 is 1.14 bits per heavy atom. The van der Waals surface area contributed by atoms with E-state index in [2.05, 4.69) is 10.2 Å². The molecule has 2 aromatic rings. The molecule has 0 aliphatic carbocycles. The summed E-state index contributed by atoms with van der Waals surface area (Å²) in [5, 5.41) is 6.39. The summed E-state index contributed by atoms with van der Waals surface area (Å²) in [4.78, 5) is 0. The Morgan fingerprint density at radius 3 is 2.57 bits per heavy atom. The minimum absolute atomic E-state index is 0.0248. The summed E-state index contributed by atoms with van der Waals surface area (Å²) >= 11 is 0. The number of aromatic nitrogens is 2. The third kappa shape index (κ3) is 1.51. The van der Waals surface area contributed by atoms with Crippen molar-refractivity contribution in [3.63, 3.8) is 0 Å². The van der Waals surface area contributed by atoms with Crippen LogP contribution in [0.3, 0.4) is 0 Å². The fourth-order valence-corrected chi connectivity index (χ4v) is 1.34. The van der Waals surface area contributed by atoms with Gasteiger partial charge in [0.25, 0.3) is 6.43 Å². The van der Waals surface area contributed by atoms with Gasteiger partial charge in [0.2, 0.25) is 0 Å². The Kier molecular flexibility index (Phi) is 2.26. The zero-order valence-electron chi connectivity index (χ0n) is 7.24. The minimum atomic E-state index is -2.46. The fourth-order valence-electron chi connectivity index (χ4n) is 1.34. The van der Waals surface area contributed by atoms with E-state index >= 15 is 0 Å². The quantitative estimate of drug-likeness (QED) is 0.782. The summed E-state index contributed by atoms with van der Waals surface area (Å²) < 4.78 is 25.2. The second kappa shape index (κ2) is 3.57. The Bertz CT molecular complexity index is 410. The lowest BCUT2D eigenvalue weighted by atomic mass is 10.1. The molecule has 72 valence electrons. The van der Waals surface area contributed by atoms with Gasteiger partial charge in [-0.05, 0) is 6.07 Å². The van der Waals surface area contributed by atoms with E-state index in [-0.39, 0.29) is 5.56 Å². The number of halogens is 2. The van der Waals surface area contributed by atoms with Crippen molar-refractivity contribution in [1.82, 2.24) is 10.2 Å².